The van der Waals surface area contributed by atoms with E-state index in [0.717, 1.165) is 11.4 Å². The Morgan fingerprint density at radius 3 is 1.29 bits per heavy atom. The fourth-order valence-corrected chi connectivity index (χ4v) is 2.40. The van der Waals surface area contributed by atoms with E-state index in [0.29, 0.717) is 0 Å². The van der Waals surface area contributed by atoms with Crippen molar-refractivity contribution >= 4 is 35.2 Å². The van der Waals surface area contributed by atoms with Crippen molar-refractivity contribution in [1.82, 2.24) is 29.9 Å². The van der Waals surface area contributed by atoms with Crippen LogP contribution in [0.2, 0.25) is 0 Å². The SMILES string of the molecule is Nc1nc(Nc2ccccc2)nc(-c2nc(N)nc(Nc3ccccc3)n2)n1. The Kier molecular flexibility index (Phi) is 4.58. The van der Waals surface area contributed by atoms with Gasteiger partial charge in [-0.1, -0.05) is 36.4 Å². The average molecular weight is 372 g/mol. The van der Waals surface area contributed by atoms with Gasteiger partial charge in [0.1, 0.15) is 0 Å². The highest BCUT2D eigenvalue weighted by atomic mass is 15.2. The lowest BCUT2D eigenvalue weighted by Gasteiger charge is -2.08. The van der Waals surface area contributed by atoms with Crippen LogP contribution in [0.5, 0.6) is 0 Å². The Morgan fingerprint density at radius 1 is 0.500 bits per heavy atom. The summed E-state index contributed by atoms with van der Waals surface area (Å²) >= 11 is 0. The van der Waals surface area contributed by atoms with E-state index in [2.05, 4.69) is 40.5 Å². The molecule has 0 saturated carbocycles. The molecule has 0 unspecified atom stereocenters. The zero-order valence-corrected chi connectivity index (χ0v) is 14.6. The van der Waals surface area contributed by atoms with E-state index in [-0.39, 0.29) is 35.4 Å². The van der Waals surface area contributed by atoms with Crippen molar-refractivity contribution in [2.24, 2.45) is 0 Å². The monoisotopic (exact) mass is 372 g/mol. The fraction of sp³-hybridized carbons (Fsp3) is 0. The number of anilines is 6. The fourth-order valence-electron chi connectivity index (χ4n) is 2.40. The quantitative estimate of drug-likeness (QED) is 0.410. The number of nitrogen functional groups attached to an aromatic ring is 2. The van der Waals surface area contributed by atoms with Crippen LogP contribution < -0.4 is 22.1 Å². The van der Waals surface area contributed by atoms with Gasteiger partial charge in [0.25, 0.3) is 0 Å². The van der Waals surface area contributed by atoms with Crippen molar-refractivity contribution in [2.45, 2.75) is 0 Å². The number of para-hydroxylation sites is 2. The molecule has 0 atom stereocenters. The summed E-state index contributed by atoms with van der Waals surface area (Å²) in [6.45, 7) is 0. The third kappa shape index (κ3) is 4.07. The number of rotatable bonds is 5. The summed E-state index contributed by atoms with van der Waals surface area (Å²) in [4.78, 5) is 25.1. The van der Waals surface area contributed by atoms with Crippen LogP contribution in [-0.4, -0.2) is 29.9 Å². The number of benzene rings is 2. The zero-order valence-electron chi connectivity index (χ0n) is 14.6. The molecule has 2 aromatic carbocycles. The second kappa shape index (κ2) is 7.50. The largest absolute Gasteiger partial charge is 0.368 e. The minimum absolute atomic E-state index is 0.0278. The minimum Gasteiger partial charge on any atom is -0.368 e. The van der Waals surface area contributed by atoms with Gasteiger partial charge in [0, 0.05) is 11.4 Å². The number of hydrogen-bond acceptors (Lipinski definition) is 10. The van der Waals surface area contributed by atoms with Crippen LogP contribution in [0.4, 0.5) is 35.2 Å². The predicted octanol–water partition coefficient (Wildman–Crippen LogP) is 2.38. The molecule has 10 heteroatoms. The summed E-state index contributed by atoms with van der Waals surface area (Å²) in [6, 6.07) is 18.9. The molecule has 10 nitrogen and oxygen atoms in total. The van der Waals surface area contributed by atoms with E-state index in [4.69, 9.17) is 11.5 Å². The first-order valence-electron chi connectivity index (χ1n) is 8.33. The van der Waals surface area contributed by atoms with Crippen molar-refractivity contribution in [1.29, 1.82) is 0 Å². The Hall–Kier alpha value is -4.34. The molecule has 0 bridgehead atoms. The summed E-state index contributed by atoms with van der Waals surface area (Å²) in [5.74, 6) is 0.947. The first-order chi connectivity index (χ1) is 13.7. The molecule has 0 fully saturated rings. The van der Waals surface area contributed by atoms with Gasteiger partial charge in [-0.25, -0.2) is 0 Å². The van der Waals surface area contributed by atoms with Gasteiger partial charge in [0.05, 0.1) is 0 Å². The van der Waals surface area contributed by atoms with Crippen LogP contribution in [0.15, 0.2) is 60.7 Å². The molecule has 2 aromatic heterocycles. The van der Waals surface area contributed by atoms with Crippen LogP contribution in [0.25, 0.3) is 11.6 Å². The smallest absolute Gasteiger partial charge is 0.232 e. The molecule has 0 saturated heterocycles. The van der Waals surface area contributed by atoms with Crippen molar-refractivity contribution in [3.8, 4) is 11.6 Å². The highest BCUT2D eigenvalue weighted by molar-refractivity contribution is 5.59. The zero-order chi connectivity index (χ0) is 19.3. The van der Waals surface area contributed by atoms with Crippen molar-refractivity contribution in [2.75, 3.05) is 22.1 Å². The van der Waals surface area contributed by atoms with Gasteiger partial charge in [-0.15, -0.1) is 0 Å². The molecule has 0 aliphatic heterocycles. The highest BCUT2D eigenvalue weighted by Crippen LogP contribution is 2.19. The molecule has 0 aliphatic carbocycles. The molecule has 0 radical (unpaired) electrons. The van der Waals surface area contributed by atoms with Crippen LogP contribution in [0.1, 0.15) is 0 Å². The number of aromatic nitrogens is 6. The van der Waals surface area contributed by atoms with Crippen molar-refractivity contribution < 1.29 is 0 Å². The molecule has 0 aliphatic rings. The average Bonchev–Trinajstić information content (AvgIpc) is 2.69. The van der Waals surface area contributed by atoms with Crippen molar-refractivity contribution in [3.05, 3.63) is 60.7 Å². The van der Waals surface area contributed by atoms with E-state index < -0.39 is 0 Å². The van der Waals surface area contributed by atoms with Gasteiger partial charge in [0.15, 0.2) is 0 Å². The molecule has 6 N–H and O–H groups in total. The number of hydrogen-bond donors (Lipinski definition) is 4. The maximum absolute atomic E-state index is 5.83. The van der Waals surface area contributed by atoms with Crippen LogP contribution in [0, 0.1) is 0 Å². The molecule has 138 valence electrons. The normalized spacial score (nSPS) is 10.4. The topological polar surface area (TPSA) is 153 Å². The standard InChI is InChI=1S/C18H16N10/c19-15-23-13(25-17(27-15)21-11-7-3-1-4-8-11)14-24-16(20)28-18(26-14)22-12-9-5-2-6-10-12/h1-10H,(H3,19,21,23,25,27)(H3,20,22,24,26,28). The molecular formula is C18H16N10. The maximum atomic E-state index is 5.83. The summed E-state index contributed by atoms with van der Waals surface area (Å²) in [5, 5.41) is 6.13. The lowest BCUT2D eigenvalue weighted by atomic mass is 10.3. The van der Waals surface area contributed by atoms with E-state index in [1.165, 1.54) is 0 Å². The highest BCUT2D eigenvalue weighted by Gasteiger charge is 2.13. The predicted molar refractivity (Wildman–Crippen MR) is 107 cm³/mol. The number of nitrogens with one attached hydrogen (secondary N) is 2. The summed E-state index contributed by atoms with van der Waals surface area (Å²) in [7, 11) is 0. The first-order valence-corrected chi connectivity index (χ1v) is 8.33. The van der Waals surface area contributed by atoms with Crippen LogP contribution >= 0.6 is 0 Å². The van der Waals surface area contributed by atoms with Gasteiger partial charge in [-0.05, 0) is 24.3 Å². The second-order valence-corrected chi connectivity index (χ2v) is 5.66. The number of nitrogens with zero attached hydrogens (tertiary/aromatic N) is 6. The number of nitrogens with two attached hydrogens (primary N) is 2. The molecule has 2 heterocycles. The molecule has 4 aromatic rings. The molecule has 0 spiro atoms. The first kappa shape index (κ1) is 17.1. The Bertz CT molecular complexity index is 997. The van der Waals surface area contributed by atoms with Gasteiger partial charge < -0.3 is 22.1 Å². The molecule has 0 amide bonds. The van der Waals surface area contributed by atoms with Gasteiger partial charge in [0.2, 0.25) is 35.4 Å². The van der Waals surface area contributed by atoms with Crippen LogP contribution in [-0.2, 0) is 0 Å². The third-order valence-corrected chi connectivity index (χ3v) is 3.57. The van der Waals surface area contributed by atoms with Crippen LogP contribution in [0.3, 0.4) is 0 Å². The second-order valence-electron chi connectivity index (χ2n) is 5.66. The summed E-state index contributed by atoms with van der Waals surface area (Å²) in [5.41, 5.74) is 13.3. The molecular weight excluding hydrogens is 356 g/mol. The lowest BCUT2D eigenvalue weighted by molar-refractivity contribution is 1.01. The van der Waals surface area contributed by atoms with E-state index in [1.54, 1.807) is 0 Å². The van der Waals surface area contributed by atoms with E-state index >= 15 is 0 Å². The van der Waals surface area contributed by atoms with Gasteiger partial charge in [-0.3, -0.25) is 0 Å². The molecule has 28 heavy (non-hydrogen) atoms. The summed E-state index contributed by atoms with van der Waals surface area (Å²) in [6.07, 6.45) is 0. The van der Waals surface area contributed by atoms with E-state index in [1.807, 2.05) is 60.7 Å². The lowest BCUT2D eigenvalue weighted by Crippen LogP contribution is -2.09. The maximum Gasteiger partial charge on any atom is 0.232 e. The van der Waals surface area contributed by atoms with Crippen molar-refractivity contribution in [3.63, 3.8) is 0 Å². The van der Waals surface area contributed by atoms with E-state index in [9.17, 15) is 0 Å². The van der Waals surface area contributed by atoms with Gasteiger partial charge >= 0.3 is 0 Å². The summed E-state index contributed by atoms with van der Waals surface area (Å²) < 4.78 is 0. The molecule has 4 rings (SSSR count). The Labute approximate surface area is 160 Å². The third-order valence-electron chi connectivity index (χ3n) is 3.57. The minimum atomic E-state index is 0.0278. The van der Waals surface area contributed by atoms with Gasteiger partial charge in [-0.2, -0.15) is 29.9 Å². The Balaban J connectivity index is 1.66. The Morgan fingerprint density at radius 2 is 0.893 bits per heavy atom.